The summed E-state index contributed by atoms with van der Waals surface area (Å²) in [6, 6.07) is 12.3. The SMILES string of the molecule is Cn1ncc2cc(-c3ccc4oc([C@@H]5CCCN5C#N)nc4c3)ccc21. The van der Waals surface area contributed by atoms with Gasteiger partial charge in [-0.05, 0) is 48.2 Å². The van der Waals surface area contributed by atoms with Crippen LogP contribution >= 0.6 is 0 Å². The van der Waals surface area contributed by atoms with Crippen LogP contribution in [0, 0.1) is 11.5 Å². The number of aryl methyl sites for hydroxylation is 1. The molecule has 1 saturated heterocycles. The molecule has 4 aromatic rings. The molecule has 1 fully saturated rings. The lowest BCUT2D eigenvalue weighted by atomic mass is 10.0. The van der Waals surface area contributed by atoms with E-state index >= 15 is 0 Å². The highest BCUT2D eigenvalue weighted by atomic mass is 16.3. The first-order chi connectivity index (χ1) is 12.7. The Morgan fingerprint density at radius 1 is 1.19 bits per heavy atom. The van der Waals surface area contributed by atoms with E-state index in [2.05, 4.69) is 34.5 Å². The average molecular weight is 343 g/mol. The highest BCUT2D eigenvalue weighted by Gasteiger charge is 2.29. The van der Waals surface area contributed by atoms with Crippen LogP contribution in [0.5, 0.6) is 0 Å². The van der Waals surface area contributed by atoms with E-state index in [0.717, 1.165) is 52.5 Å². The first-order valence-electron chi connectivity index (χ1n) is 8.72. The lowest BCUT2D eigenvalue weighted by Gasteiger charge is -2.13. The minimum absolute atomic E-state index is 0.0393. The first kappa shape index (κ1) is 15.0. The molecule has 6 heteroatoms. The van der Waals surface area contributed by atoms with E-state index in [-0.39, 0.29) is 6.04 Å². The van der Waals surface area contributed by atoms with Gasteiger partial charge < -0.3 is 4.42 Å². The molecule has 6 nitrogen and oxygen atoms in total. The van der Waals surface area contributed by atoms with Crippen molar-refractivity contribution in [3.63, 3.8) is 0 Å². The van der Waals surface area contributed by atoms with Crippen LogP contribution in [0.2, 0.25) is 0 Å². The number of fused-ring (bicyclic) bond motifs is 2. The molecule has 26 heavy (non-hydrogen) atoms. The van der Waals surface area contributed by atoms with Gasteiger partial charge in [-0.3, -0.25) is 9.58 Å². The summed E-state index contributed by atoms with van der Waals surface area (Å²) in [5, 5.41) is 14.7. The molecule has 2 aromatic heterocycles. The normalized spacial score (nSPS) is 17.2. The third-order valence-electron chi connectivity index (χ3n) is 5.15. The molecule has 0 unspecified atom stereocenters. The van der Waals surface area contributed by atoms with E-state index in [1.165, 1.54) is 0 Å². The van der Waals surface area contributed by atoms with E-state index in [1.54, 1.807) is 4.90 Å². The molecule has 3 heterocycles. The molecule has 1 atom stereocenters. The highest BCUT2D eigenvalue weighted by molar-refractivity contribution is 5.87. The zero-order valence-corrected chi connectivity index (χ0v) is 14.4. The quantitative estimate of drug-likeness (QED) is 0.515. The molecule has 5 rings (SSSR count). The summed E-state index contributed by atoms with van der Waals surface area (Å²) in [5.41, 5.74) is 4.91. The highest BCUT2D eigenvalue weighted by Crippen LogP contribution is 2.34. The lowest BCUT2D eigenvalue weighted by molar-refractivity contribution is 0.314. The van der Waals surface area contributed by atoms with Crippen molar-refractivity contribution < 1.29 is 4.42 Å². The second-order valence-electron chi connectivity index (χ2n) is 6.73. The smallest absolute Gasteiger partial charge is 0.218 e. The van der Waals surface area contributed by atoms with Crippen LogP contribution in [0.4, 0.5) is 0 Å². The molecule has 0 radical (unpaired) electrons. The third-order valence-corrected chi connectivity index (χ3v) is 5.15. The largest absolute Gasteiger partial charge is 0.438 e. The van der Waals surface area contributed by atoms with Crippen molar-refractivity contribution in [3.8, 4) is 17.3 Å². The second-order valence-corrected chi connectivity index (χ2v) is 6.73. The molecule has 0 spiro atoms. The van der Waals surface area contributed by atoms with Gasteiger partial charge in [0.05, 0.1) is 11.7 Å². The van der Waals surface area contributed by atoms with Gasteiger partial charge in [0, 0.05) is 19.0 Å². The number of hydrogen-bond acceptors (Lipinski definition) is 5. The number of aromatic nitrogens is 3. The summed E-state index contributed by atoms with van der Waals surface area (Å²) >= 11 is 0. The van der Waals surface area contributed by atoms with E-state index in [1.807, 2.05) is 36.1 Å². The van der Waals surface area contributed by atoms with E-state index in [4.69, 9.17) is 4.42 Å². The minimum Gasteiger partial charge on any atom is -0.438 e. The van der Waals surface area contributed by atoms with Crippen molar-refractivity contribution in [2.75, 3.05) is 6.54 Å². The van der Waals surface area contributed by atoms with Crippen LogP contribution in [0.3, 0.4) is 0 Å². The molecular formula is C20H17N5O. The minimum atomic E-state index is -0.0393. The Hall–Kier alpha value is -3.33. The Balaban J connectivity index is 1.55. The van der Waals surface area contributed by atoms with Crippen LogP contribution in [0.15, 0.2) is 47.0 Å². The van der Waals surface area contributed by atoms with Gasteiger partial charge in [0.2, 0.25) is 5.89 Å². The van der Waals surface area contributed by atoms with Crippen LogP contribution < -0.4 is 0 Å². The molecule has 1 aliphatic heterocycles. The Morgan fingerprint density at radius 2 is 2.04 bits per heavy atom. The van der Waals surface area contributed by atoms with Crippen molar-refractivity contribution in [3.05, 3.63) is 48.5 Å². The van der Waals surface area contributed by atoms with Gasteiger partial charge in [-0.15, -0.1) is 0 Å². The molecule has 1 aliphatic rings. The Bertz CT molecular complexity index is 1170. The zero-order chi connectivity index (χ0) is 17.7. The zero-order valence-electron chi connectivity index (χ0n) is 14.4. The molecular weight excluding hydrogens is 326 g/mol. The predicted molar refractivity (Wildman–Crippen MR) is 98.0 cm³/mol. The topological polar surface area (TPSA) is 70.9 Å². The Morgan fingerprint density at radius 3 is 2.92 bits per heavy atom. The van der Waals surface area contributed by atoms with Crippen molar-refractivity contribution in [1.82, 2.24) is 19.7 Å². The van der Waals surface area contributed by atoms with Gasteiger partial charge in [0.15, 0.2) is 11.8 Å². The van der Waals surface area contributed by atoms with Gasteiger partial charge in [0.25, 0.3) is 0 Å². The van der Waals surface area contributed by atoms with Crippen molar-refractivity contribution in [1.29, 1.82) is 5.26 Å². The molecule has 0 N–H and O–H groups in total. The summed E-state index contributed by atoms with van der Waals surface area (Å²) in [5.74, 6) is 0.638. The second kappa shape index (κ2) is 5.60. The lowest BCUT2D eigenvalue weighted by Crippen LogP contribution is -2.17. The number of oxazole rings is 1. The maximum atomic E-state index is 9.25. The van der Waals surface area contributed by atoms with Crippen molar-refractivity contribution in [2.24, 2.45) is 7.05 Å². The number of hydrogen-bond donors (Lipinski definition) is 0. The monoisotopic (exact) mass is 343 g/mol. The fourth-order valence-corrected chi connectivity index (χ4v) is 3.75. The summed E-state index contributed by atoms with van der Waals surface area (Å²) in [6.45, 7) is 0.774. The van der Waals surface area contributed by atoms with Gasteiger partial charge in [-0.25, -0.2) is 4.98 Å². The van der Waals surface area contributed by atoms with Crippen LogP contribution in [-0.2, 0) is 7.05 Å². The number of nitriles is 1. The maximum Gasteiger partial charge on any atom is 0.218 e. The molecule has 0 aliphatic carbocycles. The molecule has 0 saturated carbocycles. The third kappa shape index (κ3) is 2.25. The molecule has 128 valence electrons. The Kier molecular flexibility index (Phi) is 3.22. The van der Waals surface area contributed by atoms with E-state index < -0.39 is 0 Å². The first-order valence-corrected chi connectivity index (χ1v) is 8.72. The Labute approximate surface area is 150 Å². The average Bonchev–Trinajstić information content (AvgIpc) is 3.38. The number of benzene rings is 2. The van der Waals surface area contributed by atoms with Crippen LogP contribution in [-0.4, -0.2) is 26.2 Å². The summed E-state index contributed by atoms with van der Waals surface area (Å²) in [7, 11) is 1.94. The predicted octanol–water partition coefficient (Wildman–Crippen LogP) is 4.00. The standard InChI is InChI=1S/C20H17N5O/c1-24-17-6-4-13(9-15(17)11-22-24)14-5-7-19-16(10-14)23-20(26-19)18-3-2-8-25(18)12-21/h4-7,9-11,18H,2-3,8H2,1H3/t18-/m0/s1. The van der Waals surface area contributed by atoms with E-state index in [0.29, 0.717) is 5.89 Å². The van der Waals surface area contributed by atoms with Crippen molar-refractivity contribution >= 4 is 22.0 Å². The molecule has 0 bridgehead atoms. The van der Waals surface area contributed by atoms with Gasteiger partial charge >= 0.3 is 0 Å². The number of rotatable bonds is 2. The van der Waals surface area contributed by atoms with E-state index in [9.17, 15) is 5.26 Å². The summed E-state index contributed by atoms with van der Waals surface area (Å²) < 4.78 is 7.80. The summed E-state index contributed by atoms with van der Waals surface area (Å²) in [6.07, 6.45) is 6.02. The van der Waals surface area contributed by atoms with Crippen LogP contribution in [0.25, 0.3) is 33.1 Å². The van der Waals surface area contributed by atoms with Crippen LogP contribution in [0.1, 0.15) is 24.8 Å². The maximum absolute atomic E-state index is 9.25. The summed E-state index contributed by atoms with van der Waals surface area (Å²) in [4.78, 5) is 6.42. The molecule has 2 aromatic carbocycles. The number of likely N-dealkylation sites (tertiary alicyclic amines) is 1. The fourth-order valence-electron chi connectivity index (χ4n) is 3.75. The fraction of sp³-hybridized carbons (Fsp3) is 0.250. The number of nitrogens with zero attached hydrogens (tertiary/aromatic N) is 5. The van der Waals surface area contributed by atoms with Gasteiger partial charge in [-0.1, -0.05) is 12.1 Å². The van der Waals surface area contributed by atoms with Gasteiger partial charge in [-0.2, -0.15) is 10.4 Å². The van der Waals surface area contributed by atoms with Crippen molar-refractivity contribution in [2.45, 2.75) is 18.9 Å². The van der Waals surface area contributed by atoms with Gasteiger partial charge in [0.1, 0.15) is 11.6 Å². The molecule has 0 amide bonds.